The average molecular weight is 239 g/mol. The highest BCUT2D eigenvalue weighted by atomic mass is 15.1. The minimum Gasteiger partial charge on any atom is -0.298 e. The third-order valence-corrected chi connectivity index (χ3v) is 3.52. The molecule has 1 saturated heterocycles. The number of likely N-dealkylation sites (tertiary alicyclic amines) is 1. The topological polar surface area (TPSA) is 29.0 Å². The van der Waals surface area contributed by atoms with E-state index in [0.29, 0.717) is 5.92 Å². The highest BCUT2D eigenvalue weighted by Crippen LogP contribution is 2.26. The third-order valence-electron chi connectivity index (χ3n) is 3.52. The molecule has 18 heavy (non-hydrogen) atoms. The van der Waals surface area contributed by atoms with Crippen molar-refractivity contribution in [2.24, 2.45) is 0 Å². The van der Waals surface area contributed by atoms with E-state index in [4.69, 9.17) is 0 Å². The van der Waals surface area contributed by atoms with E-state index in [1.807, 2.05) is 6.20 Å². The van der Waals surface area contributed by atoms with Gasteiger partial charge in [-0.05, 0) is 18.5 Å². The molecule has 0 spiro atoms. The highest BCUT2D eigenvalue weighted by molar-refractivity contribution is 5.15. The predicted molar refractivity (Wildman–Crippen MR) is 71.1 cm³/mol. The fraction of sp³-hybridized carbons (Fsp3) is 0.333. The fourth-order valence-corrected chi connectivity index (χ4v) is 2.58. The summed E-state index contributed by atoms with van der Waals surface area (Å²) in [4.78, 5) is 11.1. The largest absolute Gasteiger partial charge is 0.298 e. The van der Waals surface area contributed by atoms with Gasteiger partial charge in [-0.3, -0.25) is 14.9 Å². The zero-order valence-corrected chi connectivity index (χ0v) is 10.4. The molecule has 92 valence electrons. The van der Waals surface area contributed by atoms with Crippen molar-refractivity contribution in [1.29, 1.82) is 0 Å². The van der Waals surface area contributed by atoms with Crippen LogP contribution < -0.4 is 0 Å². The van der Waals surface area contributed by atoms with Crippen molar-refractivity contribution >= 4 is 0 Å². The molecule has 1 aromatic heterocycles. The molecule has 1 fully saturated rings. The fourth-order valence-electron chi connectivity index (χ4n) is 2.58. The van der Waals surface area contributed by atoms with Crippen molar-refractivity contribution in [2.75, 3.05) is 13.1 Å². The number of hydrogen-bond donors (Lipinski definition) is 0. The molecule has 0 saturated carbocycles. The molecule has 0 bridgehead atoms. The second-order valence-electron chi connectivity index (χ2n) is 4.84. The first-order valence-corrected chi connectivity index (χ1v) is 6.44. The quantitative estimate of drug-likeness (QED) is 0.824. The normalized spacial score (nSPS) is 20.1. The Morgan fingerprint density at radius 3 is 2.83 bits per heavy atom. The van der Waals surface area contributed by atoms with Gasteiger partial charge in [-0.15, -0.1) is 0 Å². The van der Waals surface area contributed by atoms with Crippen molar-refractivity contribution in [1.82, 2.24) is 14.9 Å². The van der Waals surface area contributed by atoms with E-state index >= 15 is 0 Å². The Bertz CT molecular complexity index is 484. The van der Waals surface area contributed by atoms with Gasteiger partial charge in [0.05, 0.1) is 5.69 Å². The Morgan fingerprint density at radius 2 is 2.06 bits per heavy atom. The lowest BCUT2D eigenvalue weighted by Crippen LogP contribution is -2.19. The summed E-state index contributed by atoms with van der Waals surface area (Å²) in [5, 5.41) is 0. The molecule has 1 atom stereocenters. The SMILES string of the molecule is c1ccc(CN2CC[C@H](c3cnccn3)C2)cc1. The zero-order valence-electron chi connectivity index (χ0n) is 10.4. The number of rotatable bonds is 3. The van der Waals surface area contributed by atoms with Crippen LogP contribution in [0.2, 0.25) is 0 Å². The first-order valence-electron chi connectivity index (χ1n) is 6.44. The first kappa shape index (κ1) is 11.4. The molecule has 1 aliphatic heterocycles. The van der Waals surface area contributed by atoms with Crippen LogP contribution in [0, 0.1) is 0 Å². The van der Waals surface area contributed by atoms with Gasteiger partial charge in [-0.25, -0.2) is 0 Å². The number of nitrogens with zero attached hydrogens (tertiary/aromatic N) is 3. The lowest BCUT2D eigenvalue weighted by Gasteiger charge is -2.15. The molecule has 0 amide bonds. The number of benzene rings is 1. The summed E-state index contributed by atoms with van der Waals surface area (Å²) in [5.74, 6) is 0.544. The van der Waals surface area contributed by atoms with Crippen LogP contribution in [0.25, 0.3) is 0 Å². The molecule has 3 nitrogen and oxygen atoms in total. The maximum absolute atomic E-state index is 4.41. The maximum atomic E-state index is 4.41. The molecule has 0 N–H and O–H groups in total. The molecule has 0 aliphatic carbocycles. The number of hydrogen-bond acceptors (Lipinski definition) is 3. The standard InChI is InChI=1S/C15H17N3/c1-2-4-13(5-3-1)11-18-9-6-14(12-18)15-10-16-7-8-17-15/h1-5,7-8,10,14H,6,9,11-12H2/t14-/m0/s1. The second kappa shape index (κ2) is 5.27. The predicted octanol–water partition coefficient (Wildman–Crippen LogP) is 2.47. The lowest BCUT2D eigenvalue weighted by molar-refractivity contribution is 0.326. The number of aromatic nitrogens is 2. The van der Waals surface area contributed by atoms with Gasteiger partial charge in [0.25, 0.3) is 0 Å². The van der Waals surface area contributed by atoms with Gasteiger partial charge >= 0.3 is 0 Å². The summed E-state index contributed by atoms with van der Waals surface area (Å²) in [5.41, 5.74) is 2.52. The van der Waals surface area contributed by atoms with Gasteiger partial charge in [-0.2, -0.15) is 0 Å². The van der Waals surface area contributed by atoms with Crippen LogP contribution in [0.4, 0.5) is 0 Å². The van der Waals surface area contributed by atoms with Crippen LogP contribution >= 0.6 is 0 Å². The van der Waals surface area contributed by atoms with Gasteiger partial charge in [0.2, 0.25) is 0 Å². The molecular weight excluding hydrogens is 222 g/mol. The third kappa shape index (κ3) is 2.57. The van der Waals surface area contributed by atoms with E-state index in [9.17, 15) is 0 Å². The van der Waals surface area contributed by atoms with Crippen LogP contribution in [0.1, 0.15) is 23.6 Å². The first-order chi connectivity index (χ1) is 8.92. The van der Waals surface area contributed by atoms with Crippen LogP contribution in [0.5, 0.6) is 0 Å². The summed E-state index contributed by atoms with van der Waals surface area (Å²) in [6.45, 7) is 3.28. The molecule has 1 aliphatic rings. The van der Waals surface area contributed by atoms with E-state index in [1.165, 1.54) is 12.0 Å². The Kier molecular flexibility index (Phi) is 3.33. The Balaban J connectivity index is 1.62. The van der Waals surface area contributed by atoms with Crippen molar-refractivity contribution in [2.45, 2.75) is 18.9 Å². The molecule has 3 heteroatoms. The smallest absolute Gasteiger partial charge is 0.0630 e. The minimum absolute atomic E-state index is 0.544. The monoisotopic (exact) mass is 239 g/mol. The second-order valence-corrected chi connectivity index (χ2v) is 4.84. The zero-order chi connectivity index (χ0) is 12.2. The highest BCUT2D eigenvalue weighted by Gasteiger charge is 2.24. The van der Waals surface area contributed by atoms with Crippen LogP contribution in [-0.4, -0.2) is 28.0 Å². The van der Waals surface area contributed by atoms with E-state index < -0.39 is 0 Å². The van der Waals surface area contributed by atoms with Gasteiger partial charge in [0.1, 0.15) is 0 Å². The van der Waals surface area contributed by atoms with E-state index in [0.717, 1.165) is 25.3 Å². The summed E-state index contributed by atoms with van der Waals surface area (Å²) >= 11 is 0. The van der Waals surface area contributed by atoms with Crippen molar-refractivity contribution in [3.63, 3.8) is 0 Å². The molecular formula is C15H17N3. The Morgan fingerprint density at radius 1 is 1.17 bits per heavy atom. The molecule has 3 rings (SSSR count). The van der Waals surface area contributed by atoms with Crippen molar-refractivity contribution < 1.29 is 0 Å². The van der Waals surface area contributed by atoms with E-state index in [1.54, 1.807) is 12.4 Å². The Hall–Kier alpha value is -1.74. The van der Waals surface area contributed by atoms with Crippen molar-refractivity contribution in [3.05, 3.63) is 60.2 Å². The summed E-state index contributed by atoms with van der Waals surface area (Å²) < 4.78 is 0. The maximum Gasteiger partial charge on any atom is 0.0630 e. The van der Waals surface area contributed by atoms with Crippen LogP contribution in [-0.2, 0) is 6.54 Å². The molecule has 0 unspecified atom stereocenters. The summed E-state index contributed by atoms with van der Waals surface area (Å²) in [7, 11) is 0. The van der Waals surface area contributed by atoms with Crippen molar-refractivity contribution in [3.8, 4) is 0 Å². The molecule has 0 radical (unpaired) electrons. The van der Waals surface area contributed by atoms with Gasteiger partial charge in [0, 0.05) is 37.6 Å². The van der Waals surface area contributed by atoms with E-state index in [2.05, 4.69) is 45.2 Å². The summed E-state index contributed by atoms with van der Waals surface area (Å²) in [6, 6.07) is 10.7. The van der Waals surface area contributed by atoms with E-state index in [-0.39, 0.29) is 0 Å². The summed E-state index contributed by atoms with van der Waals surface area (Å²) in [6.07, 6.45) is 6.61. The van der Waals surface area contributed by atoms with Gasteiger partial charge in [-0.1, -0.05) is 30.3 Å². The Labute approximate surface area is 108 Å². The molecule has 2 aromatic rings. The average Bonchev–Trinajstić information content (AvgIpc) is 2.89. The lowest BCUT2D eigenvalue weighted by atomic mass is 10.1. The van der Waals surface area contributed by atoms with Crippen LogP contribution in [0.15, 0.2) is 48.9 Å². The minimum atomic E-state index is 0.544. The molecule has 2 heterocycles. The van der Waals surface area contributed by atoms with Crippen LogP contribution in [0.3, 0.4) is 0 Å². The van der Waals surface area contributed by atoms with Gasteiger partial charge < -0.3 is 0 Å². The van der Waals surface area contributed by atoms with Gasteiger partial charge in [0.15, 0.2) is 0 Å². The molecule has 1 aromatic carbocycles.